The Labute approximate surface area is 147 Å². The van der Waals surface area contributed by atoms with E-state index in [1.165, 1.54) is 0 Å². The van der Waals surface area contributed by atoms with Crippen molar-refractivity contribution in [1.29, 1.82) is 0 Å². The van der Waals surface area contributed by atoms with Gasteiger partial charge < -0.3 is 15.4 Å². The summed E-state index contributed by atoms with van der Waals surface area (Å²) in [6.45, 7) is 2.82. The van der Waals surface area contributed by atoms with Crippen LogP contribution in [0.3, 0.4) is 0 Å². The number of halogens is 1. The highest BCUT2D eigenvalue weighted by atomic mass is 35.5. The topological polar surface area (TPSA) is 63.2 Å². The van der Waals surface area contributed by atoms with Gasteiger partial charge in [0.25, 0.3) is 5.91 Å². The molecule has 0 fully saturated rings. The predicted molar refractivity (Wildman–Crippen MR) is 97.4 cm³/mol. The highest BCUT2D eigenvalue weighted by Gasteiger charge is 2.08. The summed E-state index contributed by atoms with van der Waals surface area (Å²) in [6.07, 6.45) is 4.78. The van der Waals surface area contributed by atoms with Gasteiger partial charge in [-0.25, -0.2) is 4.98 Å². The Kier molecular flexibility index (Phi) is 6.88. The van der Waals surface area contributed by atoms with Crippen molar-refractivity contribution >= 4 is 29.0 Å². The molecule has 2 N–H and O–H groups in total. The van der Waals surface area contributed by atoms with E-state index >= 15 is 0 Å². The molecule has 0 saturated heterocycles. The maximum absolute atomic E-state index is 12.0. The van der Waals surface area contributed by atoms with Gasteiger partial charge in [0.15, 0.2) is 0 Å². The Morgan fingerprint density at radius 2 is 2.08 bits per heavy atom. The van der Waals surface area contributed by atoms with Gasteiger partial charge in [-0.05, 0) is 36.8 Å². The van der Waals surface area contributed by atoms with Gasteiger partial charge in [0.2, 0.25) is 0 Å². The second-order valence-electron chi connectivity index (χ2n) is 5.36. The van der Waals surface area contributed by atoms with Gasteiger partial charge in [0.1, 0.15) is 11.6 Å². The molecule has 0 unspecified atom stereocenters. The summed E-state index contributed by atoms with van der Waals surface area (Å²) in [5.41, 5.74) is 1.25. The van der Waals surface area contributed by atoms with Crippen molar-refractivity contribution in [3.8, 4) is 5.75 Å². The summed E-state index contributed by atoms with van der Waals surface area (Å²) in [5, 5.41) is 6.63. The number of pyridine rings is 1. The van der Waals surface area contributed by atoms with Crippen molar-refractivity contribution in [3.05, 3.63) is 47.1 Å². The monoisotopic (exact) mass is 347 g/mol. The van der Waals surface area contributed by atoms with Crippen molar-refractivity contribution < 1.29 is 9.53 Å². The van der Waals surface area contributed by atoms with Crippen LogP contribution in [-0.2, 0) is 0 Å². The molecule has 5 nitrogen and oxygen atoms in total. The van der Waals surface area contributed by atoms with Crippen LogP contribution in [-0.4, -0.2) is 24.5 Å². The Balaban J connectivity index is 1.99. The Morgan fingerprint density at radius 3 is 2.75 bits per heavy atom. The van der Waals surface area contributed by atoms with Crippen LogP contribution in [0.15, 0.2) is 36.5 Å². The van der Waals surface area contributed by atoms with Gasteiger partial charge in [-0.3, -0.25) is 4.79 Å². The first kappa shape index (κ1) is 18.1. The van der Waals surface area contributed by atoms with Crippen LogP contribution in [0.1, 0.15) is 36.5 Å². The molecule has 6 heteroatoms. The van der Waals surface area contributed by atoms with Gasteiger partial charge in [-0.2, -0.15) is 0 Å². The summed E-state index contributed by atoms with van der Waals surface area (Å²) in [7, 11) is 1.59. The molecule has 1 aromatic heterocycles. The summed E-state index contributed by atoms with van der Waals surface area (Å²) in [5.74, 6) is 1.17. The van der Waals surface area contributed by atoms with E-state index in [0.29, 0.717) is 34.4 Å². The zero-order valence-corrected chi connectivity index (χ0v) is 14.7. The average molecular weight is 348 g/mol. The molecular weight excluding hydrogens is 326 g/mol. The van der Waals surface area contributed by atoms with Crippen LogP contribution in [0.4, 0.5) is 11.5 Å². The number of anilines is 2. The van der Waals surface area contributed by atoms with Crippen molar-refractivity contribution in [2.45, 2.75) is 26.2 Å². The van der Waals surface area contributed by atoms with Gasteiger partial charge in [-0.1, -0.05) is 31.4 Å². The van der Waals surface area contributed by atoms with Crippen LogP contribution >= 0.6 is 11.6 Å². The predicted octanol–water partition coefficient (Wildman–Crippen LogP) is 4.41. The minimum Gasteiger partial charge on any atom is -0.495 e. The van der Waals surface area contributed by atoms with Crippen LogP contribution in [0.5, 0.6) is 5.75 Å². The van der Waals surface area contributed by atoms with Crippen molar-refractivity contribution in [1.82, 2.24) is 10.3 Å². The summed E-state index contributed by atoms with van der Waals surface area (Å²) < 4.78 is 5.29. The zero-order chi connectivity index (χ0) is 17.4. The summed E-state index contributed by atoms with van der Waals surface area (Å²) in [4.78, 5) is 16.3. The lowest BCUT2D eigenvalue weighted by atomic mass is 10.2. The molecule has 1 amide bonds. The van der Waals surface area contributed by atoms with Crippen molar-refractivity contribution in [2.75, 3.05) is 19.0 Å². The Hall–Kier alpha value is -2.27. The molecule has 0 radical (unpaired) electrons. The molecule has 2 rings (SSSR count). The number of nitrogens with zero attached hydrogens (tertiary/aromatic N) is 1. The number of carbonyl (C=O) groups excluding carboxylic acids is 1. The number of unbranched alkanes of at least 4 members (excludes halogenated alkanes) is 2. The number of methoxy groups -OCH3 is 1. The quantitative estimate of drug-likeness (QED) is 0.694. The fourth-order valence-corrected chi connectivity index (χ4v) is 2.37. The summed E-state index contributed by atoms with van der Waals surface area (Å²) in [6, 6.07) is 8.78. The first-order valence-corrected chi connectivity index (χ1v) is 8.36. The number of ether oxygens (including phenoxy) is 1. The number of carbonyl (C=O) groups is 1. The molecule has 128 valence electrons. The first-order chi connectivity index (χ1) is 11.6. The lowest BCUT2D eigenvalue weighted by Gasteiger charge is -2.11. The van der Waals surface area contributed by atoms with E-state index in [1.807, 2.05) is 0 Å². The third-order valence-corrected chi connectivity index (χ3v) is 3.75. The number of aromatic nitrogens is 1. The van der Waals surface area contributed by atoms with E-state index in [1.54, 1.807) is 43.6 Å². The average Bonchev–Trinajstić information content (AvgIpc) is 2.59. The van der Waals surface area contributed by atoms with Gasteiger partial charge in [0.05, 0.1) is 18.4 Å². The van der Waals surface area contributed by atoms with Gasteiger partial charge >= 0.3 is 0 Å². The van der Waals surface area contributed by atoms with E-state index < -0.39 is 0 Å². The fourth-order valence-electron chi connectivity index (χ4n) is 2.20. The molecule has 0 bridgehead atoms. The highest BCUT2D eigenvalue weighted by Crippen LogP contribution is 2.29. The van der Waals surface area contributed by atoms with E-state index in [0.717, 1.165) is 19.3 Å². The Bertz CT molecular complexity index is 674. The van der Waals surface area contributed by atoms with Crippen molar-refractivity contribution in [2.24, 2.45) is 0 Å². The first-order valence-electron chi connectivity index (χ1n) is 7.99. The molecule has 0 aliphatic carbocycles. The van der Waals surface area contributed by atoms with E-state index in [2.05, 4.69) is 22.5 Å². The molecule has 2 aromatic rings. The van der Waals surface area contributed by atoms with E-state index in [4.69, 9.17) is 16.3 Å². The molecule has 0 atom stereocenters. The zero-order valence-electron chi connectivity index (χ0n) is 13.9. The number of nitrogens with one attached hydrogen (secondary N) is 2. The molecular formula is C18H22ClN3O2. The number of hydrogen-bond donors (Lipinski definition) is 2. The van der Waals surface area contributed by atoms with Crippen LogP contribution in [0.25, 0.3) is 0 Å². The molecule has 1 aromatic carbocycles. The number of rotatable bonds is 8. The normalized spacial score (nSPS) is 10.3. The molecule has 0 aliphatic heterocycles. The van der Waals surface area contributed by atoms with Crippen LogP contribution in [0, 0.1) is 0 Å². The van der Waals surface area contributed by atoms with Crippen LogP contribution < -0.4 is 15.4 Å². The lowest BCUT2D eigenvalue weighted by Crippen LogP contribution is -2.24. The molecule has 1 heterocycles. The maximum atomic E-state index is 12.0. The molecule has 0 aliphatic rings. The number of amides is 1. The SMILES string of the molecule is CCCCCNC(=O)c1ccc(Nc2cc(Cl)ccc2OC)nc1. The van der Waals surface area contributed by atoms with Gasteiger partial charge in [0, 0.05) is 17.8 Å². The largest absolute Gasteiger partial charge is 0.495 e. The second kappa shape index (κ2) is 9.13. The Morgan fingerprint density at radius 1 is 1.25 bits per heavy atom. The summed E-state index contributed by atoms with van der Waals surface area (Å²) >= 11 is 6.01. The van der Waals surface area contributed by atoms with Crippen LogP contribution in [0.2, 0.25) is 5.02 Å². The molecule has 0 saturated carbocycles. The maximum Gasteiger partial charge on any atom is 0.252 e. The second-order valence-corrected chi connectivity index (χ2v) is 5.80. The minimum atomic E-state index is -0.106. The smallest absolute Gasteiger partial charge is 0.252 e. The van der Waals surface area contributed by atoms with Gasteiger partial charge in [-0.15, -0.1) is 0 Å². The van der Waals surface area contributed by atoms with E-state index in [-0.39, 0.29) is 5.91 Å². The highest BCUT2D eigenvalue weighted by molar-refractivity contribution is 6.31. The molecule has 0 spiro atoms. The lowest BCUT2D eigenvalue weighted by molar-refractivity contribution is 0.0952. The standard InChI is InChI=1S/C18H22ClN3O2/c1-3-4-5-10-20-18(23)13-6-9-17(21-12-13)22-15-11-14(19)7-8-16(15)24-2/h6-9,11-12H,3-5,10H2,1-2H3,(H,20,23)(H,21,22). The van der Waals surface area contributed by atoms with E-state index in [9.17, 15) is 4.79 Å². The van der Waals surface area contributed by atoms with Crippen molar-refractivity contribution in [3.63, 3.8) is 0 Å². The third kappa shape index (κ3) is 5.13. The fraction of sp³-hybridized carbons (Fsp3) is 0.333. The minimum absolute atomic E-state index is 0.106. The number of benzene rings is 1. The number of hydrogen-bond acceptors (Lipinski definition) is 4. The third-order valence-electron chi connectivity index (χ3n) is 3.52. The molecule has 24 heavy (non-hydrogen) atoms.